The first-order chi connectivity index (χ1) is 10.1. The molecule has 0 spiro atoms. The molecular weight excluding hydrogens is 258 g/mol. The minimum atomic E-state index is 0.129. The van der Waals surface area contributed by atoms with E-state index in [2.05, 4.69) is 55.3 Å². The second kappa shape index (κ2) is 7.04. The normalized spacial score (nSPS) is 12.3. The molecule has 1 atom stereocenters. The Morgan fingerprint density at radius 3 is 2.48 bits per heavy atom. The molecule has 1 unspecified atom stereocenters. The number of hydrogen-bond acceptors (Lipinski definition) is 2. The third-order valence-corrected chi connectivity index (χ3v) is 3.64. The molecule has 2 aromatic rings. The van der Waals surface area contributed by atoms with Crippen LogP contribution in [0.1, 0.15) is 29.2 Å². The molecule has 0 aliphatic rings. The van der Waals surface area contributed by atoms with Gasteiger partial charge in [-0.1, -0.05) is 60.2 Å². The minimum absolute atomic E-state index is 0.129. The van der Waals surface area contributed by atoms with Gasteiger partial charge in [0.1, 0.15) is 0 Å². The van der Waals surface area contributed by atoms with Crippen LogP contribution in [0, 0.1) is 12.3 Å². The maximum absolute atomic E-state index is 7.63. The molecule has 21 heavy (non-hydrogen) atoms. The first-order valence-electron chi connectivity index (χ1n) is 7.20. The standard InChI is InChI=1S/C18H23N3/c1-14-7-6-8-15(11-14)13-21(2)17(12-18(19)20)16-9-4-3-5-10-16/h3-11,17H,12-13H2,1-2H3,(H3,19,20). The van der Waals surface area contributed by atoms with Crippen LogP contribution < -0.4 is 5.73 Å². The van der Waals surface area contributed by atoms with Gasteiger partial charge >= 0.3 is 0 Å². The zero-order chi connectivity index (χ0) is 15.2. The van der Waals surface area contributed by atoms with Gasteiger partial charge in [-0.25, -0.2) is 0 Å². The van der Waals surface area contributed by atoms with E-state index in [1.165, 1.54) is 16.7 Å². The van der Waals surface area contributed by atoms with Gasteiger partial charge in [0.25, 0.3) is 0 Å². The molecule has 3 heteroatoms. The van der Waals surface area contributed by atoms with Gasteiger partial charge in [0.15, 0.2) is 0 Å². The molecule has 0 aliphatic heterocycles. The third-order valence-electron chi connectivity index (χ3n) is 3.64. The Kier molecular flexibility index (Phi) is 5.12. The molecule has 3 N–H and O–H groups in total. The summed E-state index contributed by atoms with van der Waals surface area (Å²) in [5.41, 5.74) is 9.39. The first kappa shape index (κ1) is 15.3. The van der Waals surface area contributed by atoms with Crippen LogP contribution in [-0.4, -0.2) is 17.8 Å². The van der Waals surface area contributed by atoms with Crippen molar-refractivity contribution in [1.29, 1.82) is 5.41 Å². The SMILES string of the molecule is Cc1cccc(CN(C)C(CC(=N)N)c2ccccc2)c1. The van der Waals surface area contributed by atoms with Gasteiger partial charge in [-0.05, 0) is 25.1 Å². The van der Waals surface area contributed by atoms with E-state index >= 15 is 0 Å². The smallest absolute Gasteiger partial charge is 0.0924 e. The van der Waals surface area contributed by atoms with Crippen molar-refractivity contribution in [1.82, 2.24) is 4.90 Å². The molecule has 0 fully saturated rings. The van der Waals surface area contributed by atoms with Crippen LogP contribution in [0.5, 0.6) is 0 Å². The lowest BCUT2D eigenvalue weighted by molar-refractivity contribution is 0.241. The van der Waals surface area contributed by atoms with E-state index in [0.717, 1.165) is 6.54 Å². The number of rotatable bonds is 6. The van der Waals surface area contributed by atoms with Crippen LogP contribution in [-0.2, 0) is 6.54 Å². The Bertz CT molecular complexity index is 592. The lowest BCUT2D eigenvalue weighted by Crippen LogP contribution is -2.28. The summed E-state index contributed by atoms with van der Waals surface area (Å²) in [6.07, 6.45) is 0.548. The van der Waals surface area contributed by atoms with E-state index in [0.29, 0.717) is 6.42 Å². The predicted molar refractivity (Wildman–Crippen MR) is 88.4 cm³/mol. The van der Waals surface area contributed by atoms with Gasteiger partial charge < -0.3 is 5.73 Å². The highest BCUT2D eigenvalue weighted by Crippen LogP contribution is 2.24. The van der Waals surface area contributed by atoms with E-state index in [4.69, 9.17) is 11.1 Å². The zero-order valence-electron chi connectivity index (χ0n) is 12.7. The summed E-state index contributed by atoms with van der Waals surface area (Å²) in [6.45, 7) is 2.95. The van der Waals surface area contributed by atoms with Gasteiger partial charge in [0.2, 0.25) is 0 Å². The number of benzene rings is 2. The maximum atomic E-state index is 7.63. The van der Waals surface area contributed by atoms with E-state index in [-0.39, 0.29) is 11.9 Å². The molecule has 3 nitrogen and oxygen atoms in total. The Balaban J connectivity index is 2.18. The molecule has 0 heterocycles. The Labute approximate surface area is 126 Å². The molecule has 0 saturated carbocycles. The topological polar surface area (TPSA) is 53.1 Å². The van der Waals surface area contributed by atoms with Crippen LogP contribution in [0.4, 0.5) is 0 Å². The number of nitrogens with zero attached hydrogens (tertiary/aromatic N) is 1. The van der Waals surface area contributed by atoms with E-state index in [1.807, 2.05) is 18.2 Å². The van der Waals surface area contributed by atoms with Crippen molar-refractivity contribution in [2.24, 2.45) is 5.73 Å². The van der Waals surface area contributed by atoms with Crippen LogP contribution in [0.2, 0.25) is 0 Å². The average Bonchev–Trinajstić information content (AvgIpc) is 2.45. The summed E-state index contributed by atoms with van der Waals surface area (Å²) >= 11 is 0. The molecule has 0 aliphatic carbocycles. The van der Waals surface area contributed by atoms with Crippen molar-refractivity contribution in [3.05, 3.63) is 71.3 Å². The van der Waals surface area contributed by atoms with Crippen molar-refractivity contribution >= 4 is 5.84 Å². The fourth-order valence-corrected chi connectivity index (χ4v) is 2.62. The lowest BCUT2D eigenvalue weighted by Gasteiger charge is -2.28. The summed E-state index contributed by atoms with van der Waals surface area (Å²) in [5, 5.41) is 7.63. The van der Waals surface area contributed by atoms with Crippen LogP contribution in [0.3, 0.4) is 0 Å². The van der Waals surface area contributed by atoms with E-state index in [9.17, 15) is 0 Å². The van der Waals surface area contributed by atoms with Gasteiger partial charge in [0, 0.05) is 19.0 Å². The fraction of sp³-hybridized carbons (Fsp3) is 0.278. The number of aryl methyl sites for hydroxylation is 1. The quantitative estimate of drug-likeness (QED) is 0.629. The fourth-order valence-electron chi connectivity index (χ4n) is 2.62. The lowest BCUT2D eigenvalue weighted by atomic mass is 10.0. The van der Waals surface area contributed by atoms with Crippen molar-refractivity contribution in [3.63, 3.8) is 0 Å². The highest BCUT2D eigenvalue weighted by molar-refractivity contribution is 5.77. The van der Waals surface area contributed by atoms with Crippen LogP contribution >= 0.6 is 0 Å². The van der Waals surface area contributed by atoms with E-state index in [1.54, 1.807) is 0 Å². The highest BCUT2D eigenvalue weighted by atomic mass is 15.1. The molecule has 110 valence electrons. The summed E-state index contributed by atoms with van der Waals surface area (Å²) in [7, 11) is 2.09. The van der Waals surface area contributed by atoms with Gasteiger partial charge in [-0.15, -0.1) is 0 Å². The summed E-state index contributed by atoms with van der Waals surface area (Å²) < 4.78 is 0. The van der Waals surface area contributed by atoms with Crippen LogP contribution in [0.25, 0.3) is 0 Å². The number of nitrogens with two attached hydrogens (primary N) is 1. The van der Waals surface area contributed by atoms with Gasteiger partial charge in [0.05, 0.1) is 5.84 Å². The summed E-state index contributed by atoms with van der Waals surface area (Å²) in [4.78, 5) is 2.26. The number of amidine groups is 1. The molecule has 2 rings (SSSR count). The molecular formula is C18H23N3. The Morgan fingerprint density at radius 2 is 1.86 bits per heavy atom. The molecule has 0 radical (unpaired) electrons. The minimum Gasteiger partial charge on any atom is -0.388 e. The monoisotopic (exact) mass is 281 g/mol. The van der Waals surface area contributed by atoms with Crippen LogP contribution in [0.15, 0.2) is 54.6 Å². The Hall–Kier alpha value is -2.13. The van der Waals surface area contributed by atoms with Gasteiger partial charge in [-0.3, -0.25) is 10.3 Å². The van der Waals surface area contributed by atoms with Crippen molar-refractivity contribution < 1.29 is 0 Å². The average molecular weight is 281 g/mol. The zero-order valence-corrected chi connectivity index (χ0v) is 12.7. The van der Waals surface area contributed by atoms with Crippen molar-refractivity contribution in [2.45, 2.75) is 25.9 Å². The highest BCUT2D eigenvalue weighted by Gasteiger charge is 2.18. The third kappa shape index (κ3) is 4.43. The maximum Gasteiger partial charge on any atom is 0.0924 e. The largest absolute Gasteiger partial charge is 0.388 e. The van der Waals surface area contributed by atoms with Crippen molar-refractivity contribution in [2.75, 3.05) is 7.05 Å². The molecule has 0 aromatic heterocycles. The summed E-state index contributed by atoms with van der Waals surface area (Å²) in [5.74, 6) is 0.222. The summed E-state index contributed by atoms with van der Waals surface area (Å²) in [6, 6.07) is 18.9. The van der Waals surface area contributed by atoms with Crippen molar-refractivity contribution in [3.8, 4) is 0 Å². The van der Waals surface area contributed by atoms with E-state index < -0.39 is 0 Å². The number of nitrogens with one attached hydrogen (secondary N) is 1. The molecule has 0 bridgehead atoms. The molecule has 0 amide bonds. The molecule has 0 saturated heterocycles. The van der Waals surface area contributed by atoms with Gasteiger partial charge in [-0.2, -0.15) is 0 Å². The second-order valence-corrected chi connectivity index (χ2v) is 5.56. The second-order valence-electron chi connectivity index (χ2n) is 5.56. The Morgan fingerprint density at radius 1 is 1.14 bits per heavy atom. The predicted octanol–water partition coefficient (Wildman–Crippen LogP) is 3.49. The molecule has 2 aromatic carbocycles. The number of hydrogen-bond donors (Lipinski definition) is 2. The first-order valence-corrected chi connectivity index (χ1v) is 7.20.